The van der Waals surface area contributed by atoms with Crippen LogP contribution in [0, 0.1) is 0 Å². The molecule has 1 saturated heterocycles. The van der Waals surface area contributed by atoms with Gasteiger partial charge in [-0.3, -0.25) is 4.79 Å². The number of unbranched alkanes of at least 4 members (excludes halogenated alkanes) is 2. The molecule has 4 heteroatoms. The number of nitrogens with zero attached hydrogens (tertiary/aromatic N) is 1. The smallest absolute Gasteiger partial charge is 0.232 e. The molecule has 2 aromatic rings. The molecule has 1 aliphatic rings. The van der Waals surface area contributed by atoms with Crippen molar-refractivity contribution in [1.82, 2.24) is 4.90 Å². The van der Waals surface area contributed by atoms with Crippen molar-refractivity contribution in [3.8, 4) is 0 Å². The van der Waals surface area contributed by atoms with Gasteiger partial charge in [-0.05, 0) is 43.4 Å². The molecule has 3 N–H and O–H groups in total. The summed E-state index contributed by atoms with van der Waals surface area (Å²) in [7, 11) is 0. The Labute approximate surface area is 181 Å². The summed E-state index contributed by atoms with van der Waals surface area (Å²) in [6.45, 7) is 4.69. The number of nitrogens with two attached hydrogens (primary N) is 1. The Kier molecular flexibility index (Phi) is 7.68. The molecule has 162 valence electrons. The maximum Gasteiger partial charge on any atom is 0.232 e. The second-order valence-electron chi connectivity index (χ2n) is 8.77. The minimum atomic E-state index is -0.850. The number of hydrogen-bond donors (Lipinski definition) is 2. The first-order valence-corrected chi connectivity index (χ1v) is 11.4. The van der Waals surface area contributed by atoms with E-state index >= 15 is 0 Å². The average Bonchev–Trinajstić information content (AvgIpc) is 2.77. The fourth-order valence-corrected chi connectivity index (χ4v) is 4.78. The lowest BCUT2D eigenvalue weighted by Gasteiger charge is -2.40. The Balaban J connectivity index is 1.74. The standard InChI is InChI=1S/C26H36N2O2/c1-2-3-10-15-25(30)16-19-28(20-17-25)21-18-26(24(27)29,22-11-6-4-7-12-22)23-13-8-5-9-14-23/h4-9,11-14,30H,2-3,10,15-21H2,1H3,(H2,27,29). The van der Waals surface area contributed by atoms with Crippen molar-refractivity contribution < 1.29 is 9.90 Å². The van der Waals surface area contributed by atoms with Crippen molar-refractivity contribution in [2.45, 2.75) is 62.9 Å². The number of carbonyl (C=O) groups excluding carboxylic acids is 1. The molecule has 0 radical (unpaired) electrons. The fourth-order valence-electron chi connectivity index (χ4n) is 4.78. The van der Waals surface area contributed by atoms with E-state index in [1.165, 1.54) is 12.8 Å². The van der Waals surface area contributed by atoms with Crippen LogP contribution in [0.5, 0.6) is 0 Å². The molecule has 1 amide bonds. The van der Waals surface area contributed by atoms with Crippen LogP contribution in [0.3, 0.4) is 0 Å². The van der Waals surface area contributed by atoms with Crippen LogP contribution in [-0.4, -0.2) is 41.1 Å². The number of aliphatic hydroxyl groups is 1. The summed E-state index contributed by atoms with van der Waals surface area (Å²) in [6, 6.07) is 19.8. The van der Waals surface area contributed by atoms with E-state index in [4.69, 9.17) is 5.73 Å². The summed E-state index contributed by atoms with van der Waals surface area (Å²) < 4.78 is 0. The quantitative estimate of drug-likeness (QED) is 0.578. The van der Waals surface area contributed by atoms with Crippen LogP contribution in [0.1, 0.15) is 63.0 Å². The second-order valence-corrected chi connectivity index (χ2v) is 8.77. The third kappa shape index (κ3) is 5.11. The summed E-state index contributed by atoms with van der Waals surface area (Å²) in [4.78, 5) is 15.3. The van der Waals surface area contributed by atoms with Gasteiger partial charge in [-0.25, -0.2) is 0 Å². The normalized spacial score (nSPS) is 17.0. The predicted molar refractivity (Wildman–Crippen MR) is 122 cm³/mol. The van der Waals surface area contributed by atoms with Gasteiger partial charge in [-0.15, -0.1) is 0 Å². The van der Waals surface area contributed by atoms with Gasteiger partial charge in [-0.2, -0.15) is 0 Å². The minimum absolute atomic E-state index is 0.312. The van der Waals surface area contributed by atoms with Gasteiger partial charge in [0.1, 0.15) is 0 Å². The molecule has 1 heterocycles. The SMILES string of the molecule is CCCCCC1(O)CCN(CCC(C(N)=O)(c2ccccc2)c2ccccc2)CC1. The molecule has 4 nitrogen and oxygen atoms in total. The van der Waals surface area contributed by atoms with Crippen molar-refractivity contribution >= 4 is 5.91 Å². The number of rotatable bonds is 10. The van der Waals surface area contributed by atoms with Crippen molar-refractivity contribution in [2.75, 3.05) is 19.6 Å². The molecule has 2 aromatic carbocycles. The molecule has 0 unspecified atom stereocenters. The van der Waals surface area contributed by atoms with Gasteiger partial charge in [0, 0.05) is 13.1 Å². The Morgan fingerprint density at radius 3 is 2.00 bits per heavy atom. The molecule has 1 aliphatic heterocycles. The molecule has 0 aliphatic carbocycles. The molecule has 30 heavy (non-hydrogen) atoms. The number of benzene rings is 2. The molecule has 0 atom stereocenters. The highest BCUT2D eigenvalue weighted by Crippen LogP contribution is 2.37. The topological polar surface area (TPSA) is 66.6 Å². The summed E-state index contributed by atoms with van der Waals surface area (Å²) >= 11 is 0. The fraction of sp³-hybridized carbons (Fsp3) is 0.500. The minimum Gasteiger partial charge on any atom is -0.390 e. The summed E-state index contributed by atoms with van der Waals surface area (Å²) in [5.41, 5.74) is 6.58. The zero-order chi connectivity index (χ0) is 21.5. The molecule has 0 spiro atoms. The Bertz CT molecular complexity index is 744. The molecular weight excluding hydrogens is 372 g/mol. The zero-order valence-electron chi connectivity index (χ0n) is 18.2. The number of piperidine rings is 1. The number of carbonyl (C=O) groups is 1. The van der Waals surface area contributed by atoms with Gasteiger partial charge in [0.25, 0.3) is 0 Å². The van der Waals surface area contributed by atoms with Gasteiger partial charge < -0.3 is 15.7 Å². The monoisotopic (exact) mass is 408 g/mol. The van der Waals surface area contributed by atoms with E-state index < -0.39 is 11.0 Å². The lowest BCUT2D eigenvalue weighted by molar-refractivity contribution is -0.122. The summed E-state index contributed by atoms with van der Waals surface area (Å²) in [6.07, 6.45) is 6.59. The Hall–Kier alpha value is -2.17. The number of primary amides is 1. The van der Waals surface area contributed by atoms with Crippen LogP contribution in [0.4, 0.5) is 0 Å². The first-order valence-electron chi connectivity index (χ1n) is 11.4. The highest BCUT2D eigenvalue weighted by Gasteiger charge is 2.41. The van der Waals surface area contributed by atoms with Crippen LogP contribution in [-0.2, 0) is 10.2 Å². The zero-order valence-corrected chi connectivity index (χ0v) is 18.2. The van der Waals surface area contributed by atoms with Gasteiger partial charge in [0.15, 0.2) is 0 Å². The van der Waals surface area contributed by atoms with Crippen LogP contribution >= 0.6 is 0 Å². The van der Waals surface area contributed by atoms with Gasteiger partial charge >= 0.3 is 0 Å². The summed E-state index contributed by atoms with van der Waals surface area (Å²) in [5, 5.41) is 10.9. The lowest BCUT2D eigenvalue weighted by Crippen LogP contribution is -2.48. The van der Waals surface area contributed by atoms with E-state index in [2.05, 4.69) is 11.8 Å². The molecule has 3 rings (SSSR count). The Morgan fingerprint density at radius 1 is 1.00 bits per heavy atom. The van der Waals surface area contributed by atoms with E-state index in [1.54, 1.807) is 0 Å². The molecule has 0 bridgehead atoms. The predicted octanol–water partition coefficient (Wildman–Crippen LogP) is 4.26. The Morgan fingerprint density at radius 2 is 1.53 bits per heavy atom. The number of amides is 1. The van der Waals surface area contributed by atoms with Crippen molar-refractivity contribution in [3.63, 3.8) is 0 Å². The van der Waals surface area contributed by atoms with E-state index in [-0.39, 0.29) is 5.91 Å². The number of likely N-dealkylation sites (tertiary alicyclic amines) is 1. The molecular formula is C26H36N2O2. The highest BCUT2D eigenvalue weighted by atomic mass is 16.3. The van der Waals surface area contributed by atoms with Gasteiger partial charge in [0.05, 0.1) is 11.0 Å². The largest absolute Gasteiger partial charge is 0.390 e. The maximum atomic E-state index is 12.9. The van der Waals surface area contributed by atoms with Gasteiger partial charge in [-0.1, -0.05) is 86.8 Å². The van der Waals surface area contributed by atoms with E-state index in [1.807, 2.05) is 60.7 Å². The molecule has 0 saturated carbocycles. The van der Waals surface area contributed by atoms with E-state index in [0.717, 1.165) is 56.4 Å². The lowest BCUT2D eigenvalue weighted by atomic mass is 9.71. The first kappa shape index (κ1) is 22.5. The maximum absolute atomic E-state index is 12.9. The van der Waals surface area contributed by atoms with Crippen LogP contribution < -0.4 is 5.73 Å². The summed E-state index contributed by atoms with van der Waals surface area (Å²) in [5.74, 6) is -0.312. The van der Waals surface area contributed by atoms with Crippen molar-refractivity contribution in [1.29, 1.82) is 0 Å². The molecule has 1 fully saturated rings. The van der Waals surface area contributed by atoms with E-state index in [0.29, 0.717) is 6.42 Å². The third-order valence-electron chi connectivity index (χ3n) is 6.79. The number of hydrogen-bond acceptors (Lipinski definition) is 3. The van der Waals surface area contributed by atoms with Crippen LogP contribution in [0.2, 0.25) is 0 Å². The van der Waals surface area contributed by atoms with Crippen LogP contribution in [0.15, 0.2) is 60.7 Å². The second kappa shape index (κ2) is 10.2. The first-order chi connectivity index (χ1) is 14.5. The van der Waals surface area contributed by atoms with E-state index in [9.17, 15) is 9.90 Å². The van der Waals surface area contributed by atoms with Crippen molar-refractivity contribution in [2.24, 2.45) is 5.73 Å². The van der Waals surface area contributed by atoms with Crippen LogP contribution in [0.25, 0.3) is 0 Å². The van der Waals surface area contributed by atoms with Gasteiger partial charge in [0.2, 0.25) is 5.91 Å². The highest BCUT2D eigenvalue weighted by molar-refractivity contribution is 5.90. The molecule has 0 aromatic heterocycles. The van der Waals surface area contributed by atoms with Crippen molar-refractivity contribution in [3.05, 3.63) is 71.8 Å². The average molecular weight is 409 g/mol. The third-order valence-corrected chi connectivity index (χ3v) is 6.79.